The van der Waals surface area contributed by atoms with Crippen molar-refractivity contribution in [3.8, 4) is 89.0 Å². The molecule has 12 aromatic carbocycles. The zero-order chi connectivity index (χ0) is 52.5. The van der Waals surface area contributed by atoms with E-state index in [9.17, 15) is 0 Å². The SMILES string of the molecule is CC(C)(C)c1cc2ccc3ccc(-c4cccc(-c5cccc(-c6ccc7c(c6)C(C)(C)c6cc(-c8ccc9c(c8)C(C)(C)c8cc(-c%10ccc%11c(c%10)C(C)(C)c%10ccccc%10-%11)ccc8-9)ccc6-7)c5)c4)c4ccc(c1)c2c34. The number of fused-ring (bicyclic) bond motifs is 9. The van der Waals surface area contributed by atoms with Crippen molar-refractivity contribution >= 4 is 32.3 Å². The summed E-state index contributed by atoms with van der Waals surface area (Å²) < 4.78 is 0. The van der Waals surface area contributed by atoms with Crippen LogP contribution in [0.5, 0.6) is 0 Å². The van der Waals surface area contributed by atoms with Crippen molar-refractivity contribution in [3.63, 3.8) is 0 Å². The summed E-state index contributed by atoms with van der Waals surface area (Å²) in [5.41, 5.74) is 30.2. The minimum atomic E-state index is -0.170. The lowest BCUT2D eigenvalue weighted by molar-refractivity contribution is 0.591. The van der Waals surface area contributed by atoms with Crippen LogP contribution in [0.4, 0.5) is 0 Å². The topological polar surface area (TPSA) is 0 Å². The number of rotatable bonds is 5. The molecule has 0 bridgehead atoms. The Balaban J connectivity index is 0.715. The Bertz CT molecular complexity index is 4480. The molecule has 0 saturated heterocycles. The van der Waals surface area contributed by atoms with Gasteiger partial charge >= 0.3 is 0 Å². The fraction of sp³-hybridized carbons (Fsp3) is 0.169. The minimum absolute atomic E-state index is 0.0288. The molecule has 0 amide bonds. The van der Waals surface area contributed by atoms with Gasteiger partial charge in [0.15, 0.2) is 0 Å². The zero-order valence-electron chi connectivity index (χ0n) is 45.7. The summed E-state index contributed by atoms with van der Waals surface area (Å²) in [5.74, 6) is 0. The lowest BCUT2D eigenvalue weighted by Gasteiger charge is -2.24. The molecule has 0 unspecified atom stereocenters. The van der Waals surface area contributed by atoms with Gasteiger partial charge < -0.3 is 0 Å². The van der Waals surface area contributed by atoms with E-state index in [1.807, 2.05) is 0 Å². The normalized spacial score (nSPS) is 15.1. The van der Waals surface area contributed by atoms with Crippen LogP contribution in [-0.2, 0) is 21.7 Å². The van der Waals surface area contributed by atoms with E-state index in [4.69, 9.17) is 0 Å². The molecule has 0 radical (unpaired) electrons. The van der Waals surface area contributed by atoms with Gasteiger partial charge in [-0.25, -0.2) is 0 Å². The Labute approximate surface area is 454 Å². The van der Waals surface area contributed by atoms with Crippen LogP contribution < -0.4 is 0 Å². The summed E-state index contributed by atoms with van der Waals surface area (Å²) in [6.45, 7) is 21.3. The Morgan fingerprint density at radius 3 is 1.04 bits per heavy atom. The highest BCUT2D eigenvalue weighted by Crippen LogP contribution is 2.55. The van der Waals surface area contributed by atoms with Gasteiger partial charge in [-0.2, -0.15) is 0 Å². The monoisotopic (exact) mass is 986 g/mol. The molecule has 0 aromatic heterocycles. The lowest BCUT2D eigenvalue weighted by Crippen LogP contribution is -2.16. The van der Waals surface area contributed by atoms with Gasteiger partial charge in [0, 0.05) is 16.2 Å². The molecule has 12 aromatic rings. The molecule has 0 fully saturated rings. The third-order valence-electron chi connectivity index (χ3n) is 18.8. The minimum Gasteiger partial charge on any atom is -0.0619 e. The summed E-state index contributed by atoms with van der Waals surface area (Å²) in [4.78, 5) is 0. The quantitative estimate of drug-likeness (QED) is 0.151. The molecule has 15 rings (SSSR count). The van der Waals surface area contributed by atoms with Gasteiger partial charge in [0.25, 0.3) is 0 Å². The summed E-state index contributed by atoms with van der Waals surface area (Å²) in [6.07, 6.45) is 0. The van der Waals surface area contributed by atoms with E-state index < -0.39 is 0 Å². The standard InChI is InChI=1S/C77H62/c1-74(2,3)57-38-55-21-20-45-22-29-58(65-35-28-56(39-57)72(55)73(45)65)54-17-13-16-48(37-54)46-14-12-15-47(36-46)49-23-31-61-62-33-26-52(43-69(62)76(6,7)68(61)40-49)53-27-34-64-63-32-25-51(42-70(63)77(8,9)71(64)44-53)50-24-30-60-59-18-10-11-19-66(59)75(4,5)67(60)41-50/h10-44H,1-9H3. The first-order valence-electron chi connectivity index (χ1n) is 27.8. The molecule has 3 aliphatic carbocycles. The van der Waals surface area contributed by atoms with Crippen LogP contribution in [0.2, 0.25) is 0 Å². The molecule has 77 heavy (non-hydrogen) atoms. The summed E-state index contributed by atoms with van der Waals surface area (Å²) in [6, 6.07) is 81.9. The van der Waals surface area contributed by atoms with Gasteiger partial charge in [0.1, 0.15) is 0 Å². The van der Waals surface area contributed by atoms with Gasteiger partial charge in [-0.05, 0) is 208 Å². The first-order chi connectivity index (χ1) is 37.0. The van der Waals surface area contributed by atoms with Crippen molar-refractivity contribution in [1.29, 1.82) is 0 Å². The highest BCUT2D eigenvalue weighted by atomic mass is 14.4. The molecule has 3 aliphatic rings. The summed E-state index contributed by atoms with van der Waals surface area (Å²) in [7, 11) is 0. The van der Waals surface area contributed by atoms with E-state index in [2.05, 4.69) is 275 Å². The number of hydrogen-bond acceptors (Lipinski definition) is 0. The maximum atomic E-state index is 2.48. The molecule has 0 saturated carbocycles. The van der Waals surface area contributed by atoms with Crippen LogP contribution in [0.25, 0.3) is 121 Å². The van der Waals surface area contributed by atoms with Crippen molar-refractivity contribution in [1.82, 2.24) is 0 Å². The molecule has 0 nitrogen and oxygen atoms in total. The number of benzene rings is 12. The Morgan fingerprint density at radius 1 is 0.247 bits per heavy atom. The average molecular weight is 987 g/mol. The Hall–Kier alpha value is -8.32. The second-order valence-electron chi connectivity index (χ2n) is 25.3. The average Bonchev–Trinajstić information content (AvgIpc) is 4.19. The molecule has 0 N–H and O–H groups in total. The van der Waals surface area contributed by atoms with Crippen molar-refractivity contribution in [3.05, 3.63) is 251 Å². The second kappa shape index (κ2) is 15.9. The van der Waals surface area contributed by atoms with E-state index >= 15 is 0 Å². The van der Waals surface area contributed by atoms with Crippen LogP contribution in [0.3, 0.4) is 0 Å². The van der Waals surface area contributed by atoms with Crippen LogP contribution in [0.15, 0.2) is 212 Å². The summed E-state index contributed by atoms with van der Waals surface area (Å²) >= 11 is 0. The van der Waals surface area contributed by atoms with E-state index in [-0.39, 0.29) is 21.7 Å². The van der Waals surface area contributed by atoms with Crippen molar-refractivity contribution in [2.24, 2.45) is 0 Å². The summed E-state index contributed by atoms with van der Waals surface area (Å²) in [5, 5.41) is 7.97. The third-order valence-corrected chi connectivity index (χ3v) is 18.8. The first kappa shape index (κ1) is 46.0. The molecule has 0 aliphatic heterocycles. The van der Waals surface area contributed by atoms with E-state index in [0.717, 1.165) is 0 Å². The van der Waals surface area contributed by atoms with Crippen LogP contribution in [0.1, 0.15) is 101 Å². The second-order valence-corrected chi connectivity index (χ2v) is 25.3. The van der Waals surface area contributed by atoms with Crippen LogP contribution in [0, 0.1) is 0 Å². The Kier molecular flexibility index (Phi) is 9.49. The molecule has 0 atom stereocenters. The van der Waals surface area contributed by atoms with Crippen LogP contribution >= 0.6 is 0 Å². The van der Waals surface area contributed by atoms with Gasteiger partial charge in [0.05, 0.1) is 0 Å². The zero-order valence-corrected chi connectivity index (χ0v) is 45.7. The van der Waals surface area contributed by atoms with Crippen molar-refractivity contribution in [2.45, 2.75) is 84.0 Å². The molecule has 0 spiro atoms. The maximum absolute atomic E-state index is 2.48. The van der Waals surface area contributed by atoms with Crippen LogP contribution in [-0.4, -0.2) is 0 Å². The smallest absolute Gasteiger partial charge is 0.0159 e. The van der Waals surface area contributed by atoms with Gasteiger partial charge in [-0.3, -0.25) is 0 Å². The number of hydrogen-bond donors (Lipinski definition) is 0. The molecule has 370 valence electrons. The van der Waals surface area contributed by atoms with E-state index in [1.165, 1.54) is 160 Å². The molecular formula is C77H62. The third kappa shape index (κ3) is 6.70. The largest absolute Gasteiger partial charge is 0.0619 e. The molecule has 0 heteroatoms. The fourth-order valence-electron chi connectivity index (χ4n) is 14.3. The maximum Gasteiger partial charge on any atom is 0.0159 e. The Morgan fingerprint density at radius 2 is 0.584 bits per heavy atom. The molecular weight excluding hydrogens is 925 g/mol. The van der Waals surface area contributed by atoms with Crippen molar-refractivity contribution < 1.29 is 0 Å². The fourth-order valence-corrected chi connectivity index (χ4v) is 14.3. The van der Waals surface area contributed by atoms with E-state index in [0.29, 0.717) is 0 Å². The first-order valence-corrected chi connectivity index (χ1v) is 27.8. The lowest BCUT2D eigenvalue weighted by atomic mass is 9.79. The van der Waals surface area contributed by atoms with E-state index in [1.54, 1.807) is 0 Å². The predicted molar refractivity (Wildman–Crippen MR) is 329 cm³/mol. The molecule has 0 heterocycles. The van der Waals surface area contributed by atoms with Gasteiger partial charge in [-0.1, -0.05) is 232 Å². The van der Waals surface area contributed by atoms with Gasteiger partial charge in [0.2, 0.25) is 0 Å². The van der Waals surface area contributed by atoms with Crippen molar-refractivity contribution in [2.75, 3.05) is 0 Å². The predicted octanol–water partition coefficient (Wildman–Crippen LogP) is 21.1. The highest BCUT2D eigenvalue weighted by Gasteiger charge is 2.39. The van der Waals surface area contributed by atoms with Gasteiger partial charge in [-0.15, -0.1) is 0 Å². The highest BCUT2D eigenvalue weighted by molar-refractivity contribution is 6.25.